The highest BCUT2D eigenvalue weighted by Crippen LogP contribution is 2.59. The van der Waals surface area contributed by atoms with E-state index in [1.165, 1.54) is 5.57 Å². The zero-order valence-electron chi connectivity index (χ0n) is 13.8. The van der Waals surface area contributed by atoms with E-state index < -0.39 is 0 Å². The number of hydrogen-bond acceptors (Lipinski definition) is 2. The standard InChI is InChI=1S/C16H28N2O2/c1-10(2)8-12-14(16(12,5)6)15(20)18(7)9-13(19)17-11(3)4/h8,11-12,14H,9H2,1-7H3,(H,17,19)/t12-,14+/m0/s1. The topological polar surface area (TPSA) is 49.4 Å². The molecule has 0 aromatic carbocycles. The molecule has 1 saturated carbocycles. The van der Waals surface area contributed by atoms with Crippen molar-refractivity contribution in [2.45, 2.75) is 47.6 Å². The van der Waals surface area contributed by atoms with Gasteiger partial charge < -0.3 is 10.2 Å². The number of nitrogens with one attached hydrogen (secondary N) is 1. The molecular formula is C16H28N2O2. The summed E-state index contributed by atoms with van der Waals surface area (Å²) in [5.74, 6) is 0.245. The molecule has 0 unspecified atom stereocenters. The van der Waals surface area contributed by atoms with Gasteiger partial charge in [0.25, 0.3) is 0 Å². The number of amides is 2. The second-order valence-electron chi connectivity index (χ2n) is 6.99. The van der Waals surface area contributed by atoms with Gasteiger partial charge >= 0.3 is 0 Å². The van der Waals surface area contributed by atoms with E-state index in [1.807, 2.05) is 13.8 Å². The average Bonchev–Trinajstić information content (AvgIpc) is 2.76. The largest absolute Gasteiger partial charge is 0.352 e. The van der Waals surface area contributed by atoms with Gasteiger partial charge in [0.05, 0.1) is 12.5 Å². The predicted octanol–water partition coefficient (Wildman–Crippen LogP) is 2.21. The van der Waals surface area contributed by atoms with Crippen molar-refractivity contribution in [1.29, 1.82) is 0 Å². The van der Waals surface area contributed by atoms with Crippen LogP contribution in [0.5, 0.6) is 0 Å². The maximum atomic E-state index is 12.5. The fourth-order valence-electron chi connectivity index (χ4n) is 2.72. The summed E-state index contributed by atoms with van der Waals surface area (Å²) in [4.78, 5) is 25.7. The lowest BCUT2D eigenvalue weighted by Gasteiger charge is -2.18. The molecule has 0 radical (unpaired) electrons. The van der Waals surface area contributed by atoms with Crippen molar-refractivity contribution in [3.63, 3.8) is 0 Å². The van der Waals surface area contributed by atoms with Crippen molar-refractivity contribution < 1.29 is 9.59 Å². The second-order valence-corrected chi connectivity index (χ2v) is 6.99. The highest BCUT2D eigenvalue weighted by atomic mass is 16.2. The number of likely N-dealkylation sites (N-methyl/N-ethyl adjacent to an activating group) is 1. The molecule has 0 heterocycles. The van der Waals surface area contributed by atoms with Gasteiger partial charge in [-0.15, -0.1) is 0 Å². The van der Waals surface area contributed by atoms with E-state index in [1.54, 1.807) is 11.9 Å². The van der Waals surface area contributed by atoms with Crippen LogP contribution in [0.3, 0.4) is 0 Å². The minimum absolute atomic E-state index is 0.00284. The Morgan fingerprint density at radius 1 is 1.30 bits per heavy atom. The molecule has 4 nitrogen and oxygen atoms in total. The molecule has 0 spiro atoms. The van der Waals surface area contributed by atoms with Gasteiger partial charge in [0.1, 0.15) is 0 Å². The van der Waals surface area contributed by atoms with Crippen LogP contribution in [0.2, 0.25) is 0 Å². The Labute approximate surface area is 122 Å². The van der Waals surface area contributed by atoms with Crippen LogP contribution in [0.15, 0.2) is 11.6 Å². The van der Waals surface area contributed by atoms with E-state index in [2.05, 4.69) is 39.1 Å². The molecule has 1 aliphatic carbocycles. The van der Waals surface area contributed by atoms with E-state index in [9.17, 15) is 9.59 Å². The predicted molar refractivity (Wildman–Crippen MR) is 81.1 cm³/mol. The molecular weight excluding hydrogens is 252 g/mol. The van der Waals surface area contributed by atoms with Crippen LogP contribution in [-0.4, -0.2) is 36.3 Å². The molecule has 0 aromatic rings. The quantitative estimate of drug-likeness (QED) is 0.785. The number of allylic oxidation sites excluding steroid dienone is 2. The summed E-state index contributed by atoms with van der Waals surface area (Å²) in [6.45, 7) is 12.3. The van der Waals surface area contributed by atoms with Crippen molar-refractivity contribution in [2.24, 2.45) is 17.3 Å². The molecule has 0 aromatic heterocycles. The summed E-state index contributed by atoms with van der Waals surface area (Å²) in [6.07, 6.45) is 2.17. The maximum absolute atomic E-state index is 12.5. The minimum Gasteiger partial charge on any atom is -0.352 e. The van der Waals surface area contributed by atoms with Gasteiger partial charge in [-0.2, -0.15) is 0 Å². The minimum atomic E-state index is -0.104. The van der Waals surface area contributed by atoms with Crippen LogP contribution in [-0.2, 0) is 9.59 Å². The van der Waals surface area contributed by atoms with Crippen LogP contribution in [0.25, 0.3) is 0 Å². The van der Waals surface area contributed by atoms with Gasteiger partial charge in [-0.1, -0.05) is 25.5 Å². The Hall–Kier alpha value is -1.32. The van der Waals surface area contributed by atoms with E-state index >= 15 is 0 Å². The molecule has 1 aliphatic rings. The van der Waals surface area contributed by atoms with Crippen LogP contribution in [0, 0.1) is 17.3 Å². The first-order chi connectivity index (χ1) is 9.07. The van der Waals surface area contributed by atoms with Crippen LogP contribution >= 0.6 is 0 Å². The molecule has 1 fully saturated rings. The van der Waals surface area contributed by atoms with E-state index in [0.29, 0.717) is 0 Å². The smallest absolute Gasteiger partial charge is 0.239 e. The summed E-state index contributed by atoms with van der Waals surface area (Å²) in [5.41, 5.74) is 1.23. The normalized spacial score (nSPS) is 23.2. The molecule has 2 atom stereocenters. The molecule has 1 N–H and O–H groups in total. The third-order valence-electron chi connectivity index (χ3n) is 3.90. The zero-order chi connectivity index (χ0) is 15.7. The highest BCUT2D eigenvalue weighted by Gasteiger charge is 2.60. The number of nitrogens with zero attached hydrogens (tertiary/aromatic N) is 1. The lowest BCUT2D eigenvalue weighted by molar-refractivity contribution is -0.136. The monoisotopic (exact) mass is 280 g/mol. The highest BCUT2D eigenvalue weighted by molar-refractivity contribution is 5.88. The van der Waals surface area contributed by atoms with Crippen molar-refractivity contribution in [3.8, 4) is 0 Å². The summed E-state index contributed by atoms with van der Waals surface area (Å²) in [5, 5.41) is 2.81. The molecule has 0 bridgehead atoms. The molecule has 114 valence electrons. The third kappa shape index (κ3) is 3.84. The fraction of sp³-hybridized carbons (Fsp3) is 0.750. The zero-order valence-corrected chi connectivity index (χ0v) is 13.8. The molecule has 0 aliphatic heterocycles. The molecule has 0 saturated heterocycles. The maximum Gasteiger partial charge on any atom is 0.239 e. The number of carbonyl (C=O) groups excluding carboxylic acids is 2. The Bertz CT molecular complexity index is 420. The molecule has 1 rings (SSSR count). The number of carbonyl (C=O) groups is 2. The van der Waals surface area contributed by atoms with Crippen LogP contribution in [0.1, 0.15) is 41.5 Å². The second kappa shape index (κ2) is 5.98. The van der Waals surface area contributed by atoms with Crippen LogP contribution in [0.4, 0.5) is 0 Å². The van der Waals surface area contributed by atoms with Crippen molar-refractivity contribution in [1.82, 2.24) is 10.2 Å². The van der Waals surface area contributed by atoms with Crippen LogP contribution < -0.4 is 5.32 Å². The molecule has 4 heteroatoms. The van der Waals surface area contributed by atoms with Gasteiger partial charge in [0.15, 0.2) is 0 Å². The number of rotatable bonds is 5. The summed E-state index contributed by atoms with van der Waals surface area (Å²) < 4.78 is 0. The van der Waals surface area contributed by atoms with Crippen molar-refractivity contribution >= 4 is 11.8 Å². The van der Waals surface area contributed by atoms with Gasteiger partial charge in [0, 0.05) is 13.1 Å². The first-order valence-electron chi connectivity index (χ1n) is 7.26. The molecule has 2 amide bonds. The first-order valence-corrected chi connectivity index (χ1v) is 7.26. The van der Waals surface area contributed by atoms with E-state index in [0.717, 1.165) is 0 Å². The van der Waals surface area contributed by atoms with E-state index in [4.69, 9.17) is 0 Å². The van der Waals surface area contributed by atoms with Crippen molar-refractivity contribution in [3.05, 3.63) is 11.6 Å². The fourth-order valence-corrected chi connectivity index (χ4v) is 2.72. The Kier molecular flexibility index (Phi) is 5.00. The average molecular weight is 280 g/mol. The van der Waals surface area contributed by atoms with Gasteiger partial charge in [-0.3, -0.25) is 9.59 Å². The molecule has 20 heavy (non-hydrogen) atoms. The third-order valence-corrected chi connectivity index (χ3v) is 3.90. The summed E-state index contributed by atoms with van der Waals surface area (Å²) in [6, 6.07) is 0.0989. The Balaban J connectivity index is 2.63. The first kappa shape index (κ1) is 16.7. The summed E-state index contributed by atoms with van der Waals surface area (Å²) in [7, 11) is 1.70. The van der Waals surface area contributed by atoms with Gasteiger partial charge in [-0.25, -0.2) is 0 Å². The lowest BCUT2D eigenvalue weighted by Crippen LogP contribution is -2.41. The van der Waals surface area contributed by atoms with Crippen molar-refractivity contribution in [2.75, 3.05) is 13.6 Å². The SMILES string of the molecule is CC(C)=C[C@H]1[C@H](C(=O)N(C)CC(=O)NC(C)C)C1(C)C. The van der Waals surface area contributed by atoms with Gasteiger partial charge in [-0.05, 0) is 39.0 Å². The number of hydrogen-bond donors (Lipinski definition) is 1. The van der Waals surface area contributed by atoms with E-state index in [-0.39, 0.29) is 41.7 Å². The van der Waals surface area contributed by atoms with Gasteiger partial charge in [0.2, 0.25) is 11.8 Å². The lowest BCUT2D eigenvalue weighted by atomic mass is 10.1. The summed E-state index contributed by atoms with van der Waals surface area (Å²) >= 11 is 0. The Morgan fingerprint density at radius 2 is 1.85 bits per heavy atom. The Morgan fingerprint density at radius 3 is 2.30 bits per heavy atom.